The van der Waals surface area contributed by atoms with Gasteiger partial charge in [0.05, 0.1) is 4.90 Å². The van der Waals surface area contributed by atoms with Crippen molar-refractivity contribution in [2.75, 3.05) is 78.3 Å². The molecule has 0 aliphatic heterocycles. The van der Waals surface area contributed by atoms with Crippen LogP contribution >= 0.6 is 0 Å². The van der Waals surface area contributed by atoms with E-state index in [1.54, 1.807) is 91.5 Å². The molecule has 6 rings (SSSR count). The van der Waals surface area contributed by atoms with Crippen LogP contribution in [0.3, 0.4) is 0 Å². The number of nitrogens with zero attached hydrogens (tertiary/aromatic N) is 3. The summed E-state index contributed by atoms with van der Waals surface area (Å²) >= 11 is 0. The minimum Gasteiger partial charge on any atom is -0.481 e. The Morgan fingerprint density at radius 3 is 1.35 bits per heavy atom. The predicted molar refractivity (Wildman–Crippen MR) is 363 cm³/mol. The van der Waals surface area contributed by atoms with Crippen molar-refractivity contribution >= 4 is 50.3 Å². The first-order valence-electron chi connectivity index (χ1n) is 32.0. The Morgan fingerprint density at radius 1 is 0.467 bits per heavy atom. The van der Waals surface area contributed by atoms with Crippen molar-refractivity contribution < 1.29 is 65.5 Å². The maximum Gasteiger partial charge on any atom is 0.344 e. The fraction of sp³-hybridized carbons (Fsp3) is 0.486. The van der Waals surface area contributed by atoms with Crippen LogP contribution in [0.15, 0.2) is 108 Å². The molecule has 0 fully saturated rings. The van der Waals surface area contributed by atoms with Crippen LogP contribution < -0.4 is 19.1 Å². The molecule has 0 aromatic heterocycles. The van der Waals surface area contributed by atoms with Gasteiger partial charge in [-0.2, -0.15) is 4.31 Å². The van der Waals surface area contributed by atoms with Gasteiger partial charge in [0.1, 0.15) is 34.1 Å². The van der Waals surface area contributed by atoms with Crippen LogP contribution in [0.5, 0.6) is 17.2 Å². The number of sulfonamides is 1. The molecule has 0 saturated heterocycles. The second kappa shape index (κ2) is 33.4. The predicted octanol–water partition coefficient (Wildman–Crippen LogP) is 14.6. The van der Waals surface area contributed by atoms with Gasteiger partial charge in [0.15, 0.2) is 19.8 Å². The van der Waals surface area contributed by atoms with Crippen molar-refractivity contribution in [2.24, 2.45) is 0 Å². The quantitative estimate of drug-likeness (QED) is 0.0215. The Balaban J connectivity index is 1.66. The highest BCUT2D eigenvalue weighted by atomic mass is 32.2. The molecule has 17 nitrogen and oxygen atoms in total. The second-order valence-corrected chi connectivity index (χ2v) is 28.4. The number of carbonyl (C=O) groups is 4. The van der Waals surface area contributed by atoms with Gasteiger partial charge < -0.3 is 47.7 Å². The van der Waals surface area contributed by atoms with Crippen molar-refractivity contribution in [3.05, 3.63) is 137 Å². The largest absolute Gasteiger partial charge is 0.481 e. The molecule has 1 amide bonds. The molecule has 0 N–H and O–H groups in total. The normalized spacial score (nSPS) is 12.0. The molecule has 6 aromatic rings. The standard InChI is InChI=1S/C74H99N3O14S/c1-17-19-36-84-38-26-34-76(71(81)54-28-22-21-23-29-54)46-55-40-51(3)42-59(68(55)86-48-65(78)89-72(6,7)8)61-44-53(5)45-62(70(61)88-50-67(80)91-74(12,13)14)60-43-52(4)41-56(69(60)87-49-66(79)90-73(9,10)11)47-77(35-27-39-85-37-20-18-2)92(82,83)64-33-25-30-57-58(64)31-24-32-63(57)75(15)16/h21-25,28-33,40-45H,17-20,26-27,34-39,46-50H2,1-16H3. The molecule has 0 spiro atoms. The number of rotatable bonds is 33. The third kappa shape index (κ3) is 21.8. The third-order valence-corrected chi connectivity index (χ3v) is 16.3. The lowest BCUT2D eigenvalue weighted by molar-refractivity contribution is -0.158. The van der Waals surface area contributed by atoms with Crippen LogP contribution in [0.25, 0.3) is 33.0 Å². The minimum atomic E-state index is -4.34. The molecule has 500 valence electrons. The van der Waals surface area contributed by atoms with E-state index in [-0.39, 0.29) is 47.7 Å². The molecular weight excluding hydrogens is 1190 g/mol. The van der Waals surface area contributed by atoms with Gasteiger partial charge in [0, 0.05) is 122 Å². The maximum absolute atomic E-state index is 15.7. The molecule has 18 heteroatoms. The summed E-state index contributed by atoms with van der Waals surface area (Å²) < 4.78 is 82.5. The molecule has 0 radical (unpaired) electrons. The Kier molecular flexibility index (Phi) is 26.7. The zero-order valence-electron chi connectivity index (χ0n) is 57.3. The summed E-state index contributed by atoms with van der Waals surface area (Å²) in [7, 11) is -0.509. The molecule has 0 heterocycles. The number of hydrogen-bond donors (Lipinski definition) is 0. The number of carbonyl (C=O) groups excluding carboxylic acids is 4. The van der Waals surface area contributed by atoms with E-state index in [2.05, 4.69) is 13.8 Å². The summed E-state index contributed by atoms with van der Waals surface area (Å²) in [6.07, 6.45) is 4.59. The monoisotopic (exact) mass is 1290 g/mol. The molecule has 0 atom stereocenters. The van der Waals surface area contributed by atoms with Crippen LogP contribution in [-0.2, 0) is 61.2 Å². The van der Waals surface area contributed by atoms with Crippen molar-refractivity contribution in [2.45, 2.75) is 170 Å². The van der Waals surface area contributed by atoms with Crippen molar-refractivity contribution in [3.8, 4) is 39.5 Å². The van der Waals surface area contributed by atoms with Gasteiger partial charge in [-0.15, -0.1) is 0 Å². The second-order valence-electron chi connectivity index (χ2n) is 26.5. The number of anilines is 1. The number of benzene rings is 6. The number of fused-ring (bicyclic) bond motifs is 1. The van der Waals surface area contributed by atoms with Crippen LogP contribution in [0.1, 0.15) is 153 Å². The highest BCUT2D eigenvalue weighted by molar-refractivity contribution is 7.89. The van der Waals surface area contributed by atoms with Gasteiger partial charge in [-0.25, -0.2) is 22.8 Å². The SMILES string of the molecule is CCCCOCCCN(Cc1cc(C)cc(-c2cc(C)cc(-c3cc(C)cc(CN(CCCOCCCC)S(=O)(=O)c4cccc5c(N(C)C)cccc45)c3OCC(=O)OC(C)(C)C)c2OCC(=O)OC(C)(C)C)c1OCC(=O)OC(C)(C)C)C(=O)c1ccccc1. The van der Waals surface area contributed by atoms with E-state index in [0.717, 1.165) is 42.3 Å². The van der Waals surface area contributed by atoms with Gasteiger partial charge in [0.2, 0.25) is 10.0 Å². The summed E-state index contributed by atoms with van der Waals surface area (Å²) in [5.41, 5.74) is 3.47. The van der Waals surface area contributed by atoms with Crippen LogP contribution in [0.2, 0.25) is 0 Å². The highest BCUT2D eigenvalue weighted by Gasteiger charge is 2.32. The maximum atomic E-state index is 15.7. The van der Waals surface area contributed by atoms with Gasteiger partial charge >= 0.3 is 17.9 Å². The van der Waals surface area contributed by atoms with E-state index in [1.807, 2.05) is 119 Å². The molecule has 0 aliphatic carbocycles. The van der Waals surface area contributed by atoms with Gasteiger partial charge in [-0.05, 0) is 174 Å². The Hall–Kier alpha value is -7.51. The number of amides is 1. The molecule has 0 aliphatic rings. The van der Waals surface area contributed by atoms with E-state index in [9.17, 15) is 19.2 Å². The first-order valence-corrected chi connectivity index (χ1v) is 33.5. The van der Waals surface area contributed by atoms with E-state index >= 15 is 8.42 Å². The topological polar surface area (TPSA) is 186 Å². The number of unbranched alkanes of at least 4 members (excludes halogenated alkanes) is 2. The highest BCUT2D eigenvalue weighted by Crippen LogP contribution is 2.49. The summed E-state index contributed by atoms with van der Waals surface area (Å²) in [5, 5.41) is 1.31. The minimum absolute atomic E-state index is 0.0392. The smallest absolute Gasteiger partial charge is 0.344 e. The summed E-state index contributed by atoms with van der Waals surface area (Å²) in [5.74, 6) is -1.68. The van der Waals surface area contributed by atoms with E-state index < -0.39 is 64.6 Å². The van der Waals surface area contributed by atoms with Crippen molar-refractivity contribution in [3.63, 3.8) is 0 Å². The number of ether oxygens (including phenoxy) is 8. The third-order valence-electron chi connectivity index (χ3n) is 14.4. The van der Waals surface area contributed by atoms with E-state index in [1.165, 1.54) is 4.31 Å². The molecule has 92 heavy (non-hydrogen) atoms. The molecule has 0 bridgehead atoms. The van der Waals surface area contributed by atoms with Crippen LogP contribution in [-0.4, -0.2) is 132 Å². The first kappa shape index (κ1) is 73.5. The summed E-state index contributed by atoms with van der Waals surface area (Å²) in [6.45, 7) is 26.1. The fourth-order valence-corrected chi connectivity index (χ4v) is 12.3. The van der Waals surface area contributed by atoms with Crippen molar-refractivity contribution in [1.82, 2.24) is 9.21 Å². The van der Waals surface area contributed by atoms with Crippen molar-refractivity contribution in [1.29, 1.82) is 0 Å². The zero-order chi connectivity index (χ0) is 67.6. The summed E-state index contributed by atoms with van der Waals surface area (Å²) in [6, 6.07) is 31.2. The lowest BCUT2D eigenvalue weighted by Crippen LogP contribution is -2.33. The number of aryl methyl sites for hydroxylation is 3. The first-order chi connectivity index (χ1) is 43.4. The molecular formula is C74H99N3O14S. The number of esters is 3. The van der Waals surface area contributed by atoms with Gasteiger partial charge in [-0.3, -0.25) is 4.79 Å². The molecule has 0 unspecified atom stereocenters. The Morgan fingerprint density at radius 2 is 0.880 bits per heavy atom. The average molecular weight is 1290 g/mol. The molecule has 0 saturated carbocycles. The fourth-order valence-electron chi connectivity index (χ4n) is 10.6. The molecule has 6 aromatic carbocycles. The van der Waals surface area contributed by atoms with Crippen LogP contribution in [0, 0.1) is 20.8 Å². The van der Waals surface area contributed by atoms with Gasteiger partial charge in [-0.1, -0.05) is 81.3 Å². The zero-order valence-corrected chi connectivity index (χ0v) is 58.1. The van der Waals surface area contributed by atoms with Crippen LogP contribution in [0.4, 0.5) is 5.69 Å². The Labute approximate surface area is 547 Å². The van der Waals surface area contributed by atoms with E-state index in [4.69, 9.17) is 37.9 Å². The lowest BCUT2D eigenvalue weighted by Gasteiger charge is -2.28. The summed E-state index contributed by atoms with van der Waals surface area (Å²) in [4.78, 5) is 60.2. The average Bonchev–Trinajstić information content (AvgIpc) is 0.768. The Bertz CT molecular complexity index is 3580. The van der Waals surface area contributed by atoms with E-state index in [0.29, 0.717) is 101 Å². The lowest BCUT2D eigenvalue weighted by atomic mass is 9.90. The van der Waals surface area contributed by atoms with Gasteiger partial charge in [0.25, 0.3) is 5.91 Å². The number of hydrogen-bond acceptors (Lipinski definition) is 15.